The largest absolute Gasteiger partial charge is 0.481 e. The summed E-state index contributed by atoms with van der Waals surface area (Å²) in [6.07, 6.45) is 4.19. The summed E-state index contributed by atoms with van der Waals surface area (Å²) in [4.78, 5) is 27.1. The Morgan fingerprint density at radius 2 is 1.51 bits per heavy atom. The van der Waals surface area contributed by atoms with Crippen molar-refractivity contribution in [3.63, 3.8) is 0 Å². The lowest BCUT2D eigenvalue weighted by Gasteiger charge is -2.71. The molecule has 6 aliphatic rings. The highest BCUT2D eigenvalue weighted by Crippen LogP contribution is 2.76. The number of aliphatic carboxylic acids is 1. The molecule has 0 aromatic carbocycles. The van der Waals surface area contributed by atoms with Crippen LogP contribution < -0.4 is 0 Å². The van der Waals surface area contributed by atoms with Crippen molar-refractivity contribution in [3.8, 4) is 0 Å². The van der Waals surface area contributed by atoms with Gasteiger partial charge in [-0.1, -0.05) is 60.1 Å². The summed E-state index contributed by atoms with van der Waals surface area (Å²) in [6, 6.07) is 0. The third kappa shape index (κ3) is 4.47. The summed E-state index contributed by atoms with van der Waals surface area (Å²) < 4.78 is 5.75. The number of ketones is 1. The molecule has 0 bridgehead atoms. The van der Waals surface area contributed by atoms with Crippen molar-refractivity contribution in [2.45, 2.75) is 143 Å². The van der Waals surface area contributed by atoms with E-state index in [-0.39, 0.29) is 45.2 Å². The maximum absolute atomic E-state index is 14.1. The lowest BCUT2D eigenvalue weighted by Crippen LogP contribution is -2.66. The SMILES string of the molecule is CC1(C)CC[C@]2(C(=O)O)CC[C@]3(C)C(=CCC4[C@@]5(C)CC[C@@H](C(=O)[C@H]6OC(CO)[C@@H](O)C(O)[C@H]6O)C(C)(C)C5CC[C@]43C)C2C1. The first kappa shape index (κ1) is 33.6. The first-order valence-electron chi connectivity index (χ1n) is 17.6. The van der Waals surface area contributed by atoms with Gasteiger partial charge in [0.2, 0.25) is 0 Å². The average molecular weight is 631 g/mol. The van der Waals surface area contributed by atoms with E-state index in [1.165, 1.54) is 5.57 Å². The van der Waals surface area contributed by atoms with E-state index in [9.17, 15) is 35.1 Å². The van der Waals surface area contributed by atoms with Crippen LogP contribution in [0.15, 0.2) is 11.6 Å². The van der Waals surface area contributed by atoms with Gasteiger partial charge in [-0.05, 0) is 109 Å². The number of rotatable bonds is 4. The fourth-order valence-electron chi connectivity index (χ4n) is 12.7. The van der Waals surface area contributed by atoms with E-state index in [1.54, 1.807) is 0 Å². The van der Waals surface area contributed by atoms with Crippen molar-refractivity contribution in [2.24, 2.45) is 56.2 Å². The predicted octanol–water partition coefficient (Wildman–Crippen LogP) is 4.90. The van der Waals surface area contributed by atoms with Crippen molar-refractivity contribution in [2.75, 3.05) is 6.61 Å². The Labute approximate surface area is 269 Å². The normalized spacial score (nSPS) is 51.9. The van der Waals surface area contributed by atoms with Crippen LogP contribution in [0.3, 0.4) is 0 Å². The Balaban J connectivity index is 1.31. The molecule has 5 unspecified atom stereocenters. The summed E-state index contributed by atoms with van der Waals surface area (Å²) in [5.41, 5.74) is 0.396. The van der Waals surface area contributed by atoms with Crippen molar-refractivity contribution < 1.29 is 39.9 Å². The Kier molecular flexibility index (Phi) is 7.90. The number of hydrogen-bond donors (Lipinski definition) is 5. The fourth-order valence-corrected chi connectivity index (χ4v) is 12.7. The summed E-state index contributed by atoms with van der Waals surface area (Å²) in [5, 5.41) is 51.8. The van der Waals surface area contributed by atoms with E-state index in [2.05, 4.69) is 54.5 Å². The number of aliphatic hydroxyl groups excluding tert-OH is 4. The van der Waals surface area contributed by atoms with Gasteiger partial charge < -0.3 is 30.3 Å². The monoisotopic (exact) mass is 630 g/mol. The zero-order valence-electron chi connectivity index (χ0n) is 28.5. The molecule has 0 aromatic rings. The molecule has 6 rings (SSSR count). The molecule has 45 heavy (non-hydrogen) atoms. The summed E-state index contributed by atoms with van der Waals surface area (Å²) in [7, 11) is 0. The molecule has 0 aromatic heterocycles. The Morgan fingerprint density at radius 3 is 2.16 bits per heavy atom. The number of aliphatic hydroxyl groups is 4. The number of ether oxygens (including phenoxy) is 1. The fraction of sp³-hybridized carbons (Fsp3) is 0.892. The molecule has 5 N–H and O–H groups in total. The zero-order valence-corrected chi connectivity index (χ0v) is 28.5. The van der Waals surface area contributed by atoms with Crippen molar-refractivity contribution in [3.05, 3.63) is 11.6 Å². The molecule has 1 aliphatic heterocycles. The van der Waals surface area contributed by atoms with Crippen LogP contribution in [0.4, 0.5) is 0 Å². The minimum absolute atomic E-state index is 0.0127. The average Bonchev–Trinajstić information content (AvgIpc) is 2.95. The lowest BCUT2D eigenvalue weighted by molar-refractivity contribution is -0.233. The molecular formula is C37H58O8. The van der Waals surface area contributed by atoms with Gasteiger partial charge in [0.1, 0.15) is 30.5 Å². The molecule has 0 radical (unpaired) electrons. The molecule has 4 saturated carbocycles. The molecular weight excluding hydrogens is 572 g/mol. The smallest absolute Gasteiger partial charge is 0.310 e. The number of carbonyl (C=O) groups excluding carboxylic acids is 1. The number of carbonyl (C=O) groups is 2. The van der Waals surface area contributed by atoms with Crippen molar-refractivity contribution in [1.82, 2.24) is 0 Å². The van der Waals surface area contributed by atoms with Gasteiger partial charge in [-0.3, -0.25) is 9.59 Å². The van der Waals surface area contributed by atoms with Crippen LogP contribution in [0.1, 0.15) is 113 Å². The van der Waals surface area contributed by atoms with Gasteiger partial charge in [0.25, 0.3) is 0 Å². The molecule has 5 aliphatic carbocycles. The summed E-state index contributed by atoms with van der Waals surface area (Å²) in [6.45, 7) is 15.8. The van der Waals surface area contributed by atoms with E-state index in [1.807, 2.05) is 0 Å². The zero-order chi connectivity index (χ0) is 33.1. The van der Waals surface area contributed by atoms with E-state index in [0.717, 1.165) is 57.8 Å². The quantitative estimate of drug-likeness (QED) is 0.276. The van der Waals surface area contributed by atoms with Gasteiger partial charge in [-0.25, -0.2) is 0 Å². The molecule has 1 heterocycles. The van der Waals surface area contributed by atoms with Gasteiger partial charge in [0, 0.05) is 5.92 Å². The van der Waals surface area contributed by atoms with Gasteiger partial charge in [0.05, 0.1) is 12.0 Å². The van der Waals surface area contributed by atoms with E-state index >= 15 is 0 Å². The van der Waals surface area contributed by atoms with Crippen LogP contribution in [0.2, 0.25) is 0 Å². The number of fused-ring (bicyclic) bond motifs is 7. The van der Waals surface area contributed by atoms with Crippen molar-refractivity contribution >= 4 is 11.8 Å². The van der Waals surface area contributed by atoms with Gasteiger partial charge in [-0.15, -0.1) is 0 Å². The third-order valence-electron chi connectivity index (χ3n) is 15.6. The highest BCUT2D eigenvalue weighted by atomic mass is 16.5. The summed E-state index contributed by atoms with van der Waals surface area (Å²) >= 11 is 0. The number of Topliss-reactive ketones (excluding diaryl/α,β-unsaturated/α-hetero) is 1. The summed E-state index contributed by atoms with van der Waals surface area (Å²) in [5.74, 6) is -0.523. The second-order valence-corrected chi connectivity index (χ2v) is 18.2. The van der Waals surface area contributed by atoms with Crippen LogP contribution in [-0.2, 0) is 14.3 Å². The van der Waals surface area contributed by atoms with Crippen LogP contribution in [-0.4, -0.2) is 74.4 Å². The van der Waals surface area contributed by atoms with Crippen LogP contribution in [0.5, 0.6) is 0 Å². The number of carboxylic acid groups (broad SMARTS) is 1. The lowest BCUT2D eigenvalue weighted by atomic mass is 9.33. The molecule has 0 spiro atoms. The second-order valence-electron chi connectivity index (χ2n) is 18.2. The molecule has 254 valence electrons. The standard InChI is InChI=1S/C37H58O8/c1-32(2)14-16-37(31(43)44)17-15-35(6)20(22(37)18-32)8-9-25-34(5)12-10-21(33(3,4)24(34)11-13-36(25,35)7)26(39)30-29(42)28(41)27(40)23(19-38)45-30/h8,21-25,27-30,38,40-42H,9-19H2,1-7H3,(H,43,44)/t21-,22?,23?,24?,25?,27+,28?,29+,30+,34-,35+,36+,37-/m0/s1. The minimum atomic E-state index is -1.56. The molecule has 8 nitrogen and oxygen atoms in total. The number of hydrogen-bond acceptors (Lipinski definition) is 7. The number of allylic oxidation sites excluding steroid dienone is 2. The van der Waals surface area contributed by atoms with Gasteiger partial charge >= 0.3 is 5.97 Å². The van der Waals surface area contributed by atoms with Crippen LogP contribution >= 0.6 is 0 Å². The molecule has 8 heteroatoms. The Hall–Kier alpha value is -1.32. The highest BCUT2D eigenvalue weighted by Gasteiger charge is 2.70. The van der Waals surface area contributed by atoms with Crippen LogP contribution in [0, 0.1) is 56.2 Å². The molecule has 1 saturated heterocycles. The predicted molar refractivity (Wildman–Crippen MR) is 169 cm³/mol. The van der Waals surface area contributed by atoms with Crippen LogP contribution in [0.25, 0.3) is 0 Å². The molecule has 13 atom stereocenters. The first-order valence-corrected chi connectivity index (χ1v) is 17.6. The van der Waals surface area contributed by atoms with E-state index in [0.29, 0.717) is 12.3 Å². The van der Waals surface area contributed by atoms with Gasteiger partial charge in [-0.2, -0.15) is 0 Å². The molecule has 0 amide bonds. The second kappa shape index (κ2) is 10.6. The minimum Gasteiger partial charge on any atom is -0.481 e. The Morgan fingerprint density at radius 1 is 0.844 bits per heavy atom. The Bertz CT molecular complexity index is 1250. The third-order valence-corrected chi connectivity index (χ3v) is 15.6. The topological polar surface area (TPSA) is 145 Å². The highest BCUT2D eigenvalue weighted by molar-refractivity contribution is 5.87. The van der Waals surface area contributed by atoms with Gasteiger partial charge in [0.15, 0.2) is 5.78 Å². The number of carboxylic acids is 1. The first-order chi connectivity index (χ1) is 20.8. The maximum Gasteiger partial charge on any atom is 0.310 e. The van der Waals surface area contributed by atoms with Crippen molar-refractivity contribution in [1.29, 1.82) is 0 Å². The van der Waals surface area contributed by atoms with E-state index < -0.39 is 53.9 Å². The van der Waals surface area contributed by atoms with E-state index in [4.69, 9.17) is 4.74 Å². The maximum atomic E-state index is 14.1. The molecule has 5 fully saturated rings.